The first kappa shape index (κ1) is 22.5. The van der Waals surface area contributed by atoms with E-state index < -0.39 is 0 Å². The molecule has 0 atom stereocenters. The molecule has 26 heavy (non-hydrogen) atoms. The van der Waals surface area contributed by atoms with Crippen molar-refractivity contribution < 1.29 is 9.59 Å². The van der Waals surface area contributed by atoms with Gasteiger partial charge < -0.3 is 10.2 Å². The average Bonchev–Trinajstić information content (AvgIpc) is 2.60. The molecule has 0 bridgehead atoms. The maximum atomic E-state index is 12.2. The Balaban J connectivity index is 2.39. The normalized spacial score (nSPS) is 11.3. The second-order valence-electron chi connectivity index (χ2n) is 7.41. The number of nitrogens with one attached hydrogen (secondary N) is 1. The molecule has 0 unspecified atom stereocenters. The first-order chi connectivity index (χ1) is 12.3. The summed E-state index contributed by atoms with van der Waals surface area (Å²) in [5.74, 6) is 0.145. The number of hydrogen-bond donors (Lipinski definition) is 1. The highest BCUT2D eigenvalue weighted by Crippen LogP contribution is 2.24. The Morgan fingerprint density at radius 3 is 2.35 bits per heavy atom. The molecule has 4 nitrogen and oxygen atoms in total. The zero-order valence-electron chi connectivity index (χ0n) is 16.6. The van der Waals surface area contributed by atoms with Crippen LogP contribution in [-0.4, -0.2) is 36.3 Å². The number of hydrogen-bond acceptors (Lipinski definition) is 2. The highest BCUT2D eigenvalue weighted by molar-refractivity contribution is 6.30. The molecule has 146 valence electrons. The first-order valence-electron chi connectivity index (χ1n) is 9.60. The summed E-state index contributed by atoms with van der Waals surface area (Å²) in [6.45, 7) is 10.4. The van der Waals surface area contributed by atoms with Gasteiger partial charge in [0, 0.05) is 42.9 Å². The lowest BCUT2D eigenvalue weighted by Gasteiger charge is -2.26. The van der Waals surface area contributed by atoms with Gasteiger partial charge in [0.2, 0.25) is 11.8 Å². The van der Waals surface area contributed by atoms with Crippen molar-refractivity contribution in [2.45, 2.75) is 65.2 Å². The van der Waals surface area contributed by atoms with Crippen LogP contribution in [-0.2, 0) is 15.0 Å². The van der Waals surface area contributed by atoms with Crippen LogP contribution in [0.5, 0.6) is 0 Å². The van der Waals surface area contributed by atoms with Crippen molar-refractivity contribution in [1.29, 1.82) is 0 Å². The van der Waals surface area contributed by atoms with E-state index in [4.69, 9.17) is 11.6 Å². The predicted molar refractivity (Wildman–Crippen MR) is 109 cm³/mol. The molecule has 0 aromatic heterocycles. The molecule has 0 aliphatic heterocycles. The molecule has 0 saturated carbocycles. The van der Waals surface area contributed by atoms with E-state index in [2.05, 4.69) is 33.0 Å². The lowest BCUT2D eigenvalue weighted by atomic mass is 9.84. The third-order valence-electron chi connectivity index (χ3n) is 4.47. The lowest BCUT2D eigenvalue weighted by molar-refractivity contribution is -0.131. The van der Waals surface area contributed by atoms with Gasteiger partial charge in [-0.2, -0.15) is 0 Å². The maximum absolute atomic E-state index is 12.2. The van der Waals surface area contributed by atoms with Crippen molar-refractivity contribution in [2.24, 2.45) is 0 Å². The Morgan fingerprint density at radius 1 is 1.12 bits per heavy atom. The molecule has 0 spiro atoms. The number of carbonyl (C=O) groups excluding carboxylic acids is 2. The van der Waals surface area contributed by atoms with E-state index in [1.54, 1.807) is 0 Å². The zero-order chi connectivity index (χ0) is 19.6. The number of nitrogens with zero attached hydrogens (tertiary/aromatic N) is 1. The summed E-state index contributed by atoms with van der Waals surface area (Å²) in [5, 5.41) is 3.69. The van der Waals surface area contributed by atoms with Crippen LogP contribution in [0.15, 0.2) is 24.3 Å². The molecule has 0 aliphatic carbocycles. The molecule has 5 heteroatoms. The van der Waals surface area contributed by atoms with Crippen LogP contribution in [0.25, 0.3) is 0 Å². The number of benzene rings is 1. The quantitative estimate of drug-likeness (QED) is 0.612. The third-order valence-corrected chi connectivity index (χ3v) is 4.70. The SMILES string of the molecule is CCCN(CCC)C(=O)CCCC(=O)NCC(C)(C)c1cccc(Cl)c1. The number of rotatable bonds is 11. The van der Waals surface area contributed by atoms with Gasteiger partial charge in [-0.25, -0.2) is 0 Å². The molecule has 1 aromatic rings. The van der Waals surface area contributed by atoms with Crippen LogP contribution >= 0.6 is 11.6 Å². The molecule has 2 amide bonds. The van der Waals surface area contributed by atoms with Crippen LogP contribution in [0.4, 0.5) is 0 Å². The molecule has 0 fully saturated rings. The second kappa shape index (κ2) is 11.2. The minimum Gasteiger partial charge on any atom is -0.355 e. The van der Waals surface area contributed by atoms with E-state index in [1.165, 1.54) is 0 Å². The molecule has 1 N–H and O–H groups in total. The molecule has 0 aliphatic rings. The summed E-state index contributed by atoms with van der Waals surface area (Å²) >= 11 is 6.06. The summed E-state index contributed by atoms with van der Waals surface area (Å²) in [6, 6.07) is 7.72. The minimum absolute atomic E-state index is 0.00886. The van der Waals surface area contributed by atoms with Gasteiger partial charge in [-0.3, -0.25) is 9.59 Å². The van der Waals surface area contributed by atoms with Gasteiger partial charge in [0.15, 0.2) is 0 Å². The van der Waals surface area contributed by atoms with Gasteiger partial charge in [0.05, 0.1) is 0 Å². The highest BCUT2D eigenvalue weighted by atomic mass is 35.5. The monoisotopic (exact) mass is 380 g/mol. The largest absolute Gasteiger partial charge is 0.355 e. The molecular formula is C21H33ClN2O2. The first-order valence-corrected chi connectivity index (χ1v) is 9.98. The van der Waals surface area contributed by atoms with E-state index in [9.17, 15) is 9.59 Å². The zero-order valence-corrected chi connectivity index (χ0v) is 17.4. The molecule has 0 heterocycles. The Bertz CT molecular complexity index is 581. The Kier molecular flexibility index (Phi) is 9.71. The fraction of sp³-hybridized carbons (Fsp3) is 0.619. The smallest absolute Gasteiger partial charge is 0.222 e. The summed E-state index contributed by atoms with van der Waals surface area (Å²) in [7, 11) is 0. The minimum atomic E-state index is -0.199. The predicted octanol–water partition coefficient (Wildman–Crippen LogP) is 4.55. The number of amides is 2. The summed E-state index contributed by atoms with van der Waals surface area (Å²) < 4.78 is 0. The van der Waals surface area contributed by atoms with Gasteiger partial charge in [0.25, 0.3) is 0 Å². The van der Waals surface area contributed by atoms with Gasteiger partial charge in [0.1, 0.15) is 0 Å². The lowest BCUT2D eigenvalue weighted by Crippen LogP contribution is -2.37. The molecule has 1 rings (SSSR count). The average molecular weight is 381 g/mol. The van der Waals surface area contributed by atoms with Gasteiger partial charge in [-0.05, 0) is 37.0 Å². The molecule has 1 aromatic carbocycles. The highest BCUT2D eigenvalue weighted by Gasteiger charge is 2.21. The number of carbonyl (C=O) groups is 2. The van der Waals surface area contributed by atoms with E-state index in [1.807, 2.05) is 29.2 Å². The third kappa shape index (κ3) is 7.77. The summed E-state index contributed by atoms with van der Waals surface area (Å²) in [5.41, 5.74) is 0.894. The molecule has 0 radical (unpaired) electrons. The van der Waals surface area contributed by atoms with Crippen molar-refractivity contribution in [2.75, 3.05) is 19.6 Å². The van der Waals surface area contributed by atoms with Gasteiger partial charge in [-0.15, -0.1) is 0 Å². The van der Waals surface area contributed by atoms with Crippen LogP contribution in [0.2, 0.25) is 5.02 Å². The Hall–Kier alpha value is -1.55. The van der Waals surface area contributed by atoms with Crippen molar-refractivity contribution in [3.05, 3.63) is 34.9 Å². The van der Waals surface area contributed by atoms with Gasteiger partial charge in [-0.1, -0.05) is 51.4 Å². The van der Waals surface area contributed by atoms with Crippen molar-refractivity contribution >= 4 is 23.4 Å². The van der Waals surface area contributed by atoms with Crippen molar-refractivity contribution in [3.8, 4) is 0 Å². The van der Waals surface area contributed by atoms with E-state index in [0.29, 0.717) is 30.8 Å². The molecule has 0 saturated heterocycles. The van der Waals surface area contributed by atoms with Crippen LogP contribution in [0.3, 0.4) is 0 Å². The van der Waals surface area contributed by atoms with Crippen LogP contribution in [0.1, 0.15) is 65.4 Å². The Morgan fingerprint density at radius 2 is 1.77 bits per heavy atom. The van der Waals surface area contributed by atoms with Crippen molar-refractivity contribution in [3.63, 3.8) is 0 Å². The van der Waals surface area contributed by atoms with Gasteiger partial charge >= 0.3 is 0 Å². The fourth-order valence-corrected chi connectivity index (χ4v) is 3.07. The topological polar surface area (TPSA) is 49.4 Å². The van der Waals surface area contributed by atoms with Crippen molar-refractivity contribution in [1.82, 2.24) is 10.2 Å². The van der Waals surface area contributed by atoms with Crippen LogP contribution in [0, 0.1) is 0 Å². The fourth-order valence-electron chi connectivity index (χ4n) is 2.88. The maximum Gasteiger partial charge on any atom is 0.222 e. The number of halogens is 1. The Labute approximate surface area is 163 Å². The summed E-state index contributed by atoms with van der Waals surface area (Å²) in [6.07, 6.45) is 3.33. The second-order valence-corrected chi connectivity index (χ2v) is 7.84. The van der Waals surface area contributed by atoms with E-state index in [0.717, 1.165) is 31.5 Å². The standard InChI is InChI=1S/C21H33ClN2O2/c1-5-13-24(14-6-2)20(26)12-8-11-19(25)23-16-21(3,4)17-9-7-10-18(22)15-17/h7,9-10,15H,5-6,8,11-14,16H2,1-4H3,(H,23,25). The summed E-state index contributed by atoms with van der Waals surface area (Å²) in [4.78, 5) is 26.3. The van der Waals surface area contributed by atoms with Crippen LogP contribution < -0.4 is 5.32 Å². The molecular weight excluding hydrogens is 348 g/mol. The van der Waals surface area contributed by atoms with E-state index in [-0.39, 0.29) is 17.2 Å². The van der Waals surface area contributed by atoms with E-state index >= 15 is 0 Å².